The molecule has 1 atom stereocenters. The number of hydrogen-bond donors (Lipinski definition) is 0. The quantitative estimate of drug-likeness (QED) is 0.840. The Morgan fingerprint density at radius 3 is 2.54 bits per heavy atom. The van der Waals surface area contributed by atoms with Gasteiger partial charge in [-0.2, -0.15) is 4.98 Å². The van der Waals surface area contributed by atoms with Gasteiger partial charge in [0.2, 0.25) is 5.89 Å². The summed E-state index contributed by atoms with van der Waals surface area (Å²) in [6.45, 7) is 7.80. The van der Waals surface area contributed by atoms with E-state index < -0.39 is 11.6 Å². The first-order chi connectivity index (χ1) is 11.6. The molecule has 1 aliphatic rings. The Hall–Kier alpha value is -1.86. The van der Waals surface area contributed by atoms with Crippen LogP contribution in [0.1, 0.15) is 36.7 Å². The van der Waals surface area contributed by atoms with Crippen LogP contribution in [0.15, 0.2) is 22.7 Å². The van der Waals surface area contributed by atoms with Gasteiger partial charge in [0, 0.05) is 43.9 Å². The Kier molecular flexibility index (Phi) is 5.20. The van der Waals surface area contributed by atoms with Gasteiger partial charge in [0.25, 0.3) is 0 Å². The van der Waals surface area contributed by atoms with Crippen molar-refractivity contribution in [2.75, 3.05) is 26.2 Å². The largest absolute Gasteiger partial charge is 0.338 e. The van der Waals surface area contributed by atoms with E-state index in [0.717, 1.165) is 38.7 Å². The molecular weight excluding hydrogens is 314 g/mol. The number of aryl methyl sites for hydroxylation is 1. The van der Waals surface area contributed by atoms with Crippen LogP contribution in [0.25, 0.3) is 0 Å². The molecule has 24 heavy (non-hydrogen) atoms. The van der Waals surface area contributed by atoms with Gasteiger partial charge in [0.1, 0.15) is 11.6 Å². The zero-order chi connectivity index (χ0) is 17.1. The van der Waals surface area contributed by atoms with Crippen LogP contribution in [0.4, 0.5) is 8.78 Å². The average molecular weight is 336 g/mol. The number of aromatic nitrogens is 2. The van der Waals surface area contributed by atoms with Gasteiger partial charge < -0.3 is 4.52 Å². The van der Waals surface area contributed by atoms with Crippen molar-refractivity contribution in [2.45, 2.75) is 32.9 Å². The lowest BCUT2D eigenvalue weighted by molar-refractivity contribution is 0.0817. The smallest absolute Gasteiger partial charge is 0.240 e. The summed E-state index contributed by atoms with van der Waals surface area (Å²) in [5, 5.41) is 3.80. The Bertz CT molecular complexity index is 683. The third-order valence-corrected chi connectivity index (χ3v) is 4.48. The number of nitrogens with zero attached hydrogens (tertiary/aromatic N) is 4. The lowest BCUT2D eigenvalue weighted by Gasteiger charge is -2.38. The first-order valence-electron chi connectivity index (χ1n) is 8.27. The monoisotopic (exact) mass is 336 g/mol. The van der Waals surface area contributed by atoms with E-state index in [1.165, 1.54) is 6.07 Å². The van der Waals surface area contributed by atoms with Gasteiger partial charge in [-0.3, -0.25) is 9.80 Å². The third-order valence-electron chi connectivity index (χ3n) is 4.48. The fraction of sp³-hybridized carbons (Fsp3) is 0.529. The molecule has 1 fully saturated rings. The van der Waals surface area contributed by atoms with E-state index in [2.05, 4.69) is 19.9 Å². The highest BCUT2D eigenvalue weighted by Crippen LogP contribution is 2.28. The van der Waals surface area contributed by atoms with Crippen molar-refractivity contribution in [2.24, 2.45) is 0 Å². The predicted octanol–water partition coefficient (Wildman–Crippen LogP) is 2.93. The fourth-order valence-corrected chi connectivity index (χ4v) is 3.28. The minimum absolute atomic E-state index is 0.0293. The van der Waals surface area contributed by atoms with Crippen molar-refractivity contribution >= 4 is 0 Å². The van der Waals surface area contributed by atoms with E-state index in [-0.39, 0.29) is 6.04 Å². The SMILES string of the molecule is CC[C@@H](c1ccc(F)cc1F)N1CCN(Cc2nc(C)no2)CC1. The summed E-state index contributed by atoms with van der Waals surface area (Å²) in [6, 6.07) is 3.83. The first-order valence-corrected chi connectivity index (χ1v) is 8.27. The van der Waals surface area contributed by atoms with E-state index in [4.69, 9.17) is 4.52 Å². The Morgan fingerprint density at radius 2 is 1.96 bits per heavy atom. The van der Waals surface area contributed by atoms with Gasteiger partial charge in [-0.15, -0.1) is 0 Å². The van der Waals surface area contributed by atoms with Crippen molar-refractivity contribution in [3.63, 3.8) is 0 Å². The summed E-state index contributed by atoms with van der Waals surface area (Å²) in [5.41, 5.74) is 0.569. The van der Waals surface area contributed by atoms with Crippen molar-refractivity contribution < 1.29 is 13.3 Å². The van der Waals surface area contributed by atoms with Crippen LogP contribution in [0.2, 0.25) is 0 Å². The van der Waals surface area contributed by atoms with Crippen LogP contribution in [-0.2, 0) is 6.54 Å². The summed E-state index contributed by atoms with van der Waals surface area (Å²) >= 11 is 0. The second-order valence-corrected chi connectivity index (χ2v) is 6.14. The second kappa shape index (κ2) is 7.36. The highest BCUT2D eigenvalue weighted by molar-refractivity contribution is 5.22. The molecule has 0 radical (unpaired) electrons. The van der Waals surface area contributed by atoms with Crippen molar-refractivity contribution in [1.82, 2.24) is 19.9 Å². The Labute approximate surface area is 140 Å². The maximum absolute atomic E-state index is 14.1. The molecule has 5 nitrogen and oxygen atoms in total. The lowest BCUT2D eigenvalue weighted by atomic mass is 10.0. The van der Waals surface area contributed by atoms with Crippen molar-refractivity contribution in [3.8, 4) is 0 Å². The highest BCUT2D eigenvalue weighted by Gasteiger charge is 2.26. The van der Waals surface area contributed by atoms with Gasteiger partial charge in [-0.1, -0.05) is 18.1 Å². The van der Waals surface area contributed by atoms with E-state index in [1.807, 2.05) is 6.92 Å². The van der Waals surface area contributed by atoms with Crippen molar-refractivity contribution in [3.05, 3.63) is 47.1 Å². The van der Waals surface area contributed by atoms with E-state index >= 15 is 0 Å². The molecule has 0 spiro atoms. The van der Waals surface area contributed by atoms with Crippen LogP contribution >= 0.6 is 0 Å². The van der Waals surface area contributed by atoms with Crippen LogP contribution in [-0.4, -0.2) is 46.1 Å². The lowest BCUT2D eigenvalue weighted by Crippen LogP contribution is -2.47. The summed E-state index contributed by atoms with van der Waals surface area (Å²) in [7, 11) is 0. The van der Waals surface area contributed by atoms with Gasteiger partial charge in [0.05, 0.1) is 6.54 Å². The second-order valence-electron chi connectivity index (χ2n) is 6.14. The number of hydrogen-bond acceptors (Lipinski definition) is 5. The minimum Gasteiger partial charge on any atom is -0.338 e. The molecule has 2 heterocycles. The maximum atomic E-state index is 14.1. The van der Waals surface area contributed by atoms with Crippen LogP contribution in [0.3, 0.4) is 0 Å². The number of piperazine rings is 1. The van der Waals surface area contributed by atoms with Crippen LogP contribution < -0.4 is 0 Å². The molecule has 7 heteroatoms. The van der Waals surface area contributed by atoms with Gasteiger partial charge >= 0.3 is 0 Å². The average Bonchev–Trinajstić information content (AvgIpc) is 2.96. The maximum Gasteiger partial charge on any atom is 0.240 e. The molecule has 1 aromatic heterocycles. The third kappa shape index (κ3) is 3.79. The number of halogens is 2. The minimum atomic E-state index is -0.536. The fourth-order valence-electron chi connectivity index (χ4n) is 3.28. The Morgan fingerprint density at radius 1 is 1.21 bits per heavy atom. The van der Waals surface area contributed by atoms with Gasteiger partial charge in [-0.25, -0.2) is 8.78 Å². The predicted molar refractivity (Wildman–Crippen MR) is 85.3 cm³/mol. The molecule has 0 bridgehead atoms. The number of benzene rings is 1. The molecule has 1 saturated heterocycles. The normalized spacial score (nSPS) is 18.0. The molecule has 0 saturated carbocycles. The molecular formula is C17H22F2N4O. The van der Waals surface area contributed by atoms with Gasteiger partial charge in [0.15, 0.2) is 5.82 Å². The van der Waals surface area contributed by atoms with Crippen LogP contribution in [0.5, 0.6) is 0 Å². The molecule has 1 aliphatic heterocycles. The van der Waals surface area contributed by atoms with Gasteiger partial charge in [-0.05, 0) is 19.4 Å². The molecule has 2 aromatic rings. The topological polar surface area (TPSA) is 45.4 Å². The molecule has 0 unspecified atom stereocenters. The number of rotatable bonds is 5. The molecule has 0 amide bonds. The Balaban J connectivity index is 1.62. The summed E-state index contributed by atoms with van der Waals surface area (Å²) in [6.07, 6.45) is 0.783. The zero-order valence-corrected chi connectivity index (χ0v) is 14.0. The first kappa shape index (κ1) is 17.0. The molecule has 3 rings (SSSR count). The molecule has 0 aliphatic carbocycles. The van der Waals surface area contributed by atoms with Crippen LogP contribution in [0, 0.1) is 18.6 Å². The zero-order valence-electron chi connectivity index (χ0n) is 14.0. The van der Waals surface area contributed by atoms with Crippen molar-refractivity contribution in [1.29, 1.82) is 0 Å². The molecule has 130 valence electrons. The molecule has 0 N–H and O–H groups in total. The van der Waals surface area contributed by atoms with E-state index in [9.17, 15) is 8.78 Å². The summed E-state index contributed by atoms with van der Waals surface area (Å²) in [4.78, 5) is 8.73. The van der Waals surface area contributed by atoms with E-state index in [0.29, 0.717) is 23.8 Å². The molecule has 1 aromatic carbocycles. The van der Waals surface area contributed by atoms with E-state index in [1.54, 1.807) is 13.0 Å². The summed E-state index contributed by atoms with van der Waals surface area (Å²) < 4.78 is 32.4. The summed E-state index contributed by atoms with van der Waals surface area (Å²) in [5.74, 6) is 0.260. The standard InChI is InChI=1S/C17H22F2N4O/c1-3-16(14-5-4-13(18)10-15(14)19)23-8-6-22(7-9-23)11-17-20-12(2)21-24-17/h4-5,10,16H,3,6-9,11H2,1-2H3/t16-/m0/s1. The highest BCUT2D eigenvalue weighted by atomic mass is 19.1.